The van der Waals surface area contributed by atoms with E-state index in [-0.39, 0.29) is 0 Å². The average Bonchev–Trinajstić information content (AvgIpc) is 2.15. The van der Waals surface area contributed by atoms with Gasteiger partial charge in [0.1, 0.15) is 0 Å². The number of thioether (sulfide) groups is 1. The van der Waals surface area contributed by atoms with Gasteiger partial charge in [-0.25, -0.2) is 0 Å². The van der Waals surface area contributed by atoms with Gasteiger partial charge in [0.05, 0.1) is 0 Å². The number of hydrogen-bond donors (Lipinski definition) is 0. The molecule has 0 amide bonds. The molecule has 0 unspecified atom stereocenters. The van der Waals surface area contributed by atoms with Gasteiger partial charge in [-0.15, -0.1) is 0 Å². The summed E-state index contributed by atoms with van der Waals surface area (Å²) in [5.74, 6) is 1.10. The van der Waals surface area contributed by atoms with Gasteiger partial charge in [0, 0.05) is 5.75 Å². The summed E-state index contributed by atoms with van der Waals surface area (Å²) in [5.41, 5.74) is 2.69. The van der Waals surface area contributed by atoms with Crippen molar-refractivity contribution in [3.63, 3.8) is 0 Å². The van der Waals surface area contributed by atoms with Crippen LogP contribution in [0.25, 0.3) is 5.57 Å². The van der Waals surface area contributed by atoms with Crippen LogP contribution >= 0.6 is 11.8 Å². The maximum Gasteiger partial charge on any atom is 0.0116 e. The summed E-state index contributed by atoms with van der Waals surface area (Å²) < 4.78 is 0. The highest BCUT2D eigenvalue weighted by molar-refractivity contribution is 7.98. The van der Waals surface area contributed by atoms with E-state index in [0.29, 0.717) is 0 Å². The molecule has 0 N–H and O–H groups in total. The number of rotatable bonds is 3. The largest absolute Gasteiger partial charge is 0.161 e. The van der Waals surface area contributed by atoms with Crippen molar-refractivity contribution in [1.29, 1.82) is 0 Å². The Morgan fingerprint density at radius 3 is 2.58 bits per heavy atom. The van der Waals surface area contributed by atoms with E-state index in [1.165, 1.54) is 11.1 Å². The van der Waals surface area contributed by atoms with Crippen molar-refractivity contribution in [2.45, 2.75) is 6.92 Å². The summed E-state index contributed by atoms with van der Waals surface area (Å²) in [6, 6.07) is 10.5. The van der Waals surface area contributed by atoms with Crippen molar-refractivity contribution in [3.05, 3.63) is 42.0 Å². The Bertz CT molecular complexity index is 249. The van der Waals surface area contributed by atoms with E-state index in [4.69, 9.17) is 0 Å². The Kier molecular flexibility index (Phi) is 3.95. The van der Waals surface area contributed by atoms with Gasteiger partial charge in [-0.2, -0.15) is 11.8 Å². The summed E-state index contributed by atoms with van der Waals surface area (Å²) in [6.07, 6.45) is 4.38. The third-order valence-corrected chi connectivity index (χ3v) is 2.29. The van der Waals surface area contributed by atoms with Gasteiger partial charge in [-0.3, -0.25) is 0 Å². The molecule has 1 rings (SSSR count). The third-order valence-electron chi connectivity index (χ3n) is 1.79. The SMILES string of the molecule is CSC/C=C(\C)c1ccccc1. The molecule has 0 atom stereocenters. The first kappa shape index (κ1) is 9.40. The molecule has 1 aromatic carbocycles. The molecule has 0 spiro atoms. The molecular formula is C11H14S. The molecule has 0 radical (unpaired) electrons. The van der Waals surface area contributed by atoms with E-state index < -0.39 is 0 Å². The summed E-state index contributed by atoms with van der Waals surface area (Å²) in [7, 11) is 0. The summed E-state index contributed by atoms with van der Waals surface area (Å²) in [5, 5.41) is 0. The molecule has 1 aromatic rings. The zero-order valence-electron chi connectivity index (χ0n) is 7.58. The van der Waals surface area contributed by atoms with Gasteiger partial charge in [-0.05, 0) is 24.3 Å². The van der Waals surface area contributed by atoms with Crippen LogP contribution in [0.2, 0.25) is 0 Å². The molecule has 0 nitrogen and oxygen atoms in total. The van der Waals surface area contributed by atoms with Crippen LogP contribution < -0.4 is 0 Å². The molecule has 0 saturated heterocycles. The van der Waals surface area contributed by atoms with Gasteiger partial charge in [0.15, 0.2) is 0 Å². The van der Waals surface area contributed by atoms with Crippen molar-refractivity contribution in [3.8, 4) is 0 Å². The molecule has 0 heterocycles. The molecule has 0 saturated carbocycles. The van der Waals surface area contributed by atoms with Gasteiger partial charge >= 0.3 is 0 Å². The monoisotopic (exact) mass is 178 g/mol. The van der Waals surface area contributed by atoms with Crippen LogP contribution in [-0.4, -0.2) is 12.0 Å². The minimum Gasteiger partial charge on any atom is -0.161 e. The van der Waals surface area contributed by atoms with E-state index in [1.54, 1.807) is 0 Å². The lowest BCUT2D eigenvalue weighted by molar-refractivity contribution is 1.55. The second kappa shape index (κ2) is 5.04. The lowest BCUT2D eigenvalue weighted by Gasteiger charge is -1.99. The number of allylic oxidation sites excluding steroid dienone is 1. The Morgan fingerprint density at radius 2 is 2.00 bits per heavy atom. The number of hydrogen-bond acceptors (Lipinski definition) is 1. The fraction of sp³-hybridized carbons (Fsp3) is 0.273. The van der Waals surface area contributed by atoms with E-state index in [9.17, 15) is 0 Å². The molecule has 0 aliphatic rings. The van der Waals surface area contributed by atoms with E-state index >= 15 is 0 Å². The predicted octanol–water partition coefficient (Wildman–Crippen LogP) is 3.45. The molecule has 0 bridgehead atoms. The molecule has 0 aliphatic heterocycles. The van der Waals surface area contributed by atoms with Crippen LogP contribution in [0.1, 0.15) is 12.5 Å². The van der Waals surface area contributed by atoms with Crippen LogP contribution in [-0.2, 0) is 0 Å². The smallest absolute Gasteiger partial charge is 0.0116 e. The lowest BCUT2D eigenvalue weighted by atomic mass is 10.1. The van der Waals surface area contributed by atoms with Crippen molar-refractivity contribution >= 4 is 17.3 Å². The fourth-order valence-corrected chi connectivity index (χ4v) is 1.44. The van der Waals surface area contributed by atoms with Crippen LogP contribution in [0.15, 0.2) is 36.4 Å². The number of benzene rings is 1. The van der Waals surface area contributed by atoms with Gasteiger partial charge < -0.3 is 0 Å². The highest BCUT2D eigenvalue weighted by atomic mass is 32.2. The maximum absolute atomic E-state index is 2.26. The van der Waals surface area contributed by atoms with E-state index in [0.717, 1.165) is 5.75 Å². The zero-order chi connectivity index (χ0) is 8.81. The van der Waals surface area contributed by atoms with Crippen molar-refractivity contribution in [1.82, 2.24) is 0 Å². The summed E-state index contributed by atoms with van der Waals surface area (Å²) in [4.78, 5) is 0. The molecule has 0 aromatic heterocycles. The predicted molar refractivity (Wildman–Crippen MR) is 58.5 cm³/mol. The molecule has 12 heavy (non-hydrogen) atoms. The normalized spacial score (nSPS) is 11.7. The highest BCUT2D eigenvalue weighted by Gasteiger charge is 1.91. The Balaban J connectivity index is 2.71. The minimum atomic E-state index is 1.10. The first-order valence-corrected chi connectivity index (χ1v) is 5.45. The van der Waals surface area contributed by atoms with Gasteiger partial charge in [0.2, 0.25) is 0 Å². The molecule has 0 aliphatic carbocycles. The standard InChI is InChI=1S/C11H14S/c1-10(8-9-12-2)11-6-4-3-5-7-11/h3-8H,9H2,1-2H3/b10-8+. The Hall–Kier alpha value is -0.690. The zero-order valence-corrected chi connectivity index (χ0v) is 8.40. The molecule has 64 valence electrons. The molecular weight excluding hydrogens is 164 g/mol. The van der Waals surface area contributed by atoms with Crippen molar-refractivity contribution < 1.29 is 0 Å². The first-order valence-electron chi connectivity index (χ1n) is 4.05. The quantitative estimate of drug-likeness (QED) is 0.683. The minimum absolute atomic E-state index is 1.10. The van der Waals surface area contributed by atoms with Crippen molar-refractivity contribution in [2.75, 3.05) is 12.0 Å². The van der Waals surface area contributed by atoms with Crippen LogP contribution in [0.3, 0.4) is 0 Å². The third kappa shape index (κ3) is 2.74. The highest BCUT2D eigenvalue weighted by Crippen LogP contribution is 2.13. The molecule has 1 heteroatoms. The summed E-state index contributed by atoms with van der Waals surface area (Å²) >= 11 is 1.85. The topological polar surface area (TPSA) is 0 Å². The lowest BCUT2D eigenvalue weighted by Crippen LogP contribution is -1.79. The Morgan fingerprint density at radius 1 is 1.33 bits per heavy atom. The first-order chi connectivity index (χ1) is 5.84. The summed E-state index contributed by atoms with van der Waals surface area (Å²) in [6.45, 7) is 2.16. The second-order valence-electron chi connectivity index (χ2n) is 2.71. The average molecular weight is 178 g/mol. The van der Waals surface area contributed by atoms with E-state index in [2.05, 4.69) is 43.5 Å². The van der Waals surface area contributed by atoms with Crippen LogP contribution in [0.5, 0.6) is 0 Å². The maximum atomic E-state index is 2.26. The van der Waals surface area contributed by atoms with Gasteiger partial charge in [0.25, 0.3) is 0 Å². The second-order valence-corrected chi connectivity index (χ2v) is 3.62. The van der Waals surface area contributed by atoms with Gasteiger partial charge in [-0.1, -0.05) is 36.4 Å². The van der Waals surface area contributed by atoms with Crippen LogP contribution in [0, 0.1) is 0 Å². The van der Waals surface area contributed by atoms with E-state index in [1.807, 2.05) is 17.8 Å². The Labute approximate surface area is 78.7 Å². The van der Waals surface area contributed by atoms with Crippen molar-refractivity contribution in [2.24, 2.45) is 0 Å². The fourth-order valence-electron chi connectivity index (χ4n) is 1.03. The van der Waals surface area contributed by atoms with Crippen LogP contribution in [0.4, 0.5) is 0 Å². The molecule has 0 fully saturated rings.